The fourth-order valence-corrected chi connectivity index (χ4v) is 2.35. The molecular weight excluding hydrogens is 455 g/mol. The van der Waals surface area contributed by atoms with Crippen molar-refractivity contribution in [3.8, 4) is 0 Å². The van der Waals surface area contributed by atoms with Crippen molar-refractivity contribution in [2.45, 2.75) is 96.8 Å². The second-order valence-electron chi connectivity index (χ2n) is 5.73. The molecule has 124 valence electrons. The molecule has 0 aliphatic carbocycles. The molecule has 0 aromatic rings. The number of carboxylic acid groups (broad SMARTS) is 1. The first kappa shape index (κ1) is 23.4. The van der Waals surface area contributed by atoms with Gasteiger partial charge in [-0.2, -0.15) is 0 Å². The topological polar surface area (TPSA) is 37.3 Å². The summed E-state index contributed by atoms with van der Waals surface area (Å²) in [5.41, 5.74) is 0. The number of allylic oxidation sites excluding steroid dienone is 2. The van der Waals surface area contributed by atoms with Crippen LogP contribution in [0.4, 0.5) is 0 Å². The summed E-state index contributed by atoms with van der Waals surface area (Å²) < 4.78 is 0. The summed E-state index contributed by atoms with van der Waals surface area (Å²) in [6.07, 6.45) is 21.2. The van der Waals surface area contributed by atoms with E-state index in [1.54, 1.807) is 0 Å². The van der Waals surface area contributed by atoms with Crippen LogP contribution >= 0.6 is 0 Å². The SMILES string of the molecule is CCCCCCCC/C=C/CCCCCCCC(=O)O.[PbH2]. The zero-order valence-electron chi connectivity index (χ0n) is 14.1. The van der Waals surface area contributed by atoms with Gasteiger partial charge < -0.3 is 5.11 Å². The molecule has 0 unspecified atom stereocenters. The molecule has 0 aromatic carbocycles. The summed E-state index contributed by atoms with van der Waals surface area (Å²) in [5.74, 6) is -0.664. The second-order valence-corrected chi connectivity index (χ2v) is 5.73. The number of hydrogen-bond acceptors (Lipinski definition) is 1. The van der Waals surface area contributed by atoms with Crippen LogP contribution in [-0.4, -0.2) is 38.4 Å². The van der Waals surface area contributed by atoms with Crippen LogP contribution in [0.2, 0.25) is 0 Å². The van der Waals surface area contributed by atoms with Gasteiger partial charge in [-0.15, -0.1) is 0 Å². The van der Waals surface area contributed by atoms with Gasteiger partial charge >= 0.3 is 33.3 Å². The fourth-order valence-electron chi connectivity index (χ4n) is 2.35. The number of carboxylic acids is 1. The van der Waals surface area contributed by atoms with Gasteiger partial charge in [0.2, 0.25) is 0 Å². The van der Waals surface area contributed by atoms with Gasteiger partial charge in [0.1, 0.15) is 0 Å². The van der Waals surface area contributed by atoms with Crippen molar-refractivity contribution in [3.63, 3.8) is 0 Å². The third-order valence-electron chi connectivity index (χ3n) is 3.65. The summed E-state index contributed by atoms with van der Waals surface area (Å²) in [6.45, 7) is 2.26. The Morgan fingerprint density at radius 1 is 0.762 bits per heavy atom. The number of hydrogen-bond donors (Lipinski definition) is 1. The Bertz CT molecular complexity index is 239. The molecule has 0 heterocycles. The van der Waals surface area contributed by atoms with Crippen molar-refractivity contribution in [2.75, 3.05) is 0 Å². The van der Waals surface area contributed by atoms with E-state index >= 15 is 0 Å². The molecule has 21 heavy (non-hydrogen) atoms. The molecule has 0 aromatic heterocycles. The summed E-state index contributed by atoms with van der Waals surface area (Å²) in [6, 6.07) is 0. The first-order chi connectivity index (χ1) is 9.77. The molecule has 0 atom stereocenters. The molecule has 0 fully saturated rings. The van der Waals surface area contributed by atoms with Crippen molar-refractivity contribution < 1.29 is 9.90 Å². The molecule has 0 bridgehead atoms. The van der Waals surface area contributed by atoms with Crippen LogP contribution in [0.25, 0.3) is 0 Å². The van der Waals surface area contributed by atoms with Crippen molar-refractivity contribution in [2.24, 2.45) is 0 Å². The van der Waals surface area contributed by atoms with Crippen LogP contribution in [0.1, 0.15) is 96.8 Å². The van der Waals surface area contributed by atoms with Crippen LogP contribution in [0, 0.1) is 0 Å². The molecule has 0 aliphatic heterocycles. The van der Waals surface area contributed by atoms with Crippen molar-refractivity contribution in [3.05, 3.63) is 12.2 Å². The average Bonchev–Trinajstić information content (AvgIpc) is 2.43. The predicted octanol–water partition coefficient (Wildman–Crippen LogP) is 5.19. The Kier molecular flexibility index (Phi) is 22.4. The molecule has 0 saturated carbocycles. The van der Waals surface area contributed by atoms with Gasteiger partial charge in [0.05, 0.1) is 0 Å². The molecule has 1 N–H and O–H groups in total. The fraction of sp³-hybridized carbons (Fsp3) is 0.833. The van der Waals surface area contributed by atoms with Crippen LogP contribution < -0.4 is 0 Å². The minimum atomic E-state index is -0.664. The van der Waals surface area contributed by atoms with Crippen molar-refractivity contribution >= 4 is 33.3 Å². The Labute approximate surface area is 151 Å². The summed E-state index contributed by atoms with van der Waals surface area (Å²) in [5, 5.41) is 8.51. The zero-order chi connectivity index (χ0) is 14.9. The standard InChI is InChI=1S/C18H34O2.Pb.2H/c1-2-3-4-5-6-7-8-9-10-11-12-13-14-15-16-17-18(19)20;;;/h9-10H,2-8,11-17H2,1H3,(H,19,20);;;/b10-9+;;;. The van der Waals surface area contributed by atoms with E-state index in [1.165, 1.54) is 70.6 Å². The van der Waals surface area contributed by atoms with Gasteiger partial charge in [0, 0.05) is 6.42 Å². The Balaban J connectivity index is 0. The predicted molar refractivity (Wildman–Crippen MR) is 95.6 cm³/mol. The van der Waals surface area contributed by atoms with Crippen LogP contribution in [0.5, 0.6) is 0 Å². The van der Waals surface area contributed by atoms with Crippen molar-refractivity contribution in [1.82, 2.24) is 0 Å². The average molecular weight is 492 g/mol. The second kappa shape index (κ2) is 20.1. The van der Waals surface area contributed by atoms with Crippen molar-refractivity contribution in [1.29, 1.82) is 0 Å². The Hall–Kier alpha value is 0.132. The third kappa shape index (κ3) is 22.6. The summed E-state index contributed by atoms with van der Waals surface area (Å²) in [7, 11) is 0. The van der Waals surface area contributed by atoms with Crippen LogP contribution in [-0.2, 0) is 4.79 Å². The van der Waals surface area contributed by atoms with Crippen LogP contribution in [0.3, 0.4) is 0 Å². The first-order valence-electron chi connectivity index (χ1n) is 8.64. The number of rotatable bonds is 15. The molecule has 0 rings (SSSR count). The van der Waals surface area contributed by atoms with Gasteiger partial charge in [0.25, 0.3) is 0 Å². The molecule has 2 nitrogen and oxygen atoms in total. The molecule has 3 heteroatoms. The molecule has 2 radical (unpaired) electrons. The first-order valence-corrected chi connectivity index (χ1v) is 8.64. The Morgan fingerprint density at radius 2 is 1.19 bits per heavy atom. The van der Waals surface area contributed by atoms with E-state index in [1.807, 2.05) is 0 Å². The maximum absolute atomic E-state index is 10.3. The van der Waals surface area contributed by atoms with E-state index in [-0.39, 0.29) is 27.3 Å². The molecule has 0 spiro atoms. The third-order valence-corrected chi connectivity index (χ3v) is 3.65. The quantitative estimate of drug-likeness (QED) is 0.194. The zero-order valence-corrected chi connectivity index (χ0v) is 19.6. The Morgan fingerprint density at radius 3 is 1.67 bits per heavy atom. The van der Waals surface area contributed by atoms with E-state index in [4.69, 9.17) is 5.11 Å². The van der Waals surface area contributed by atoms with E-state index in [2.05, 4.69) is 19.1 Å². The number of aliphatic carboxylic acids is 1. The van der Waals surface area contributed by atoms with Gasteiger partial charge in [0.15, 0.2) is 0 Å². The van der Waals surface area contributed by atoms with E-state index in [0.717, 1.165) is 12.8 Å². The summed E-state index contributed by atoms with van der Waals surface area (Å²) in [4.78, 5) is 10.3. The van der Waals surface area contributed by atoms with Gasteiger partial charge in [-0.3, -0.25) is 4.79 Å². The molecule has 0 aliphatic rings. The van der Waals surface area contributed by atoms with Gasteiger partial charge in [-0.1, -0.05) is 70.4 Å². The van der Waals surface area contributed by atoms with E-state index in [9.17, 15) is 4.79 Å². The monoisotopic (exact) mass is 492 g/mol. The number of carbonyl (C=O) groups is 1. The van der Waals surface area contributed by atoms with Gasteiger partial charge in [-0.25, -0.2) is 0 Å². The maximum atomic E-state index is 10.3. The van der Waals surface area contributed by atoms with E-state index < -0.39 is 5.97 Å². The summed E-state index contributed by atoms with van der Waals surface area (Å²) >= 11 is 0. The molecule has 0 amide bonds. The normalized spacial score (nSPS) is 10.7. The van der Waals surface area contributed by atoms with E-state index in [0.29, 0.717) is 6.42 Å². The molecule has 0 saturated heterocycles. The van der Waals surface area contributed by atoms with Gasteiger partial charge in [-0.05, 0) is 32.1 Å². The number of unbranched alkanes of at least 4 members (excludes halogenated alkanes) is 11. The molecular formula is C18H36O2Pb. The van der Waals surface area contributed by atoms with Crippen LogP contribution in [0.15, 0.2) is 12.2 Å². The minimum absolute atomic E-state index is 0.